The van der Waals surface area contributed by atoms with E-state index in [0.717, 1.165) is 17.9 Å². The summed E-state index contributed by atoms with van der Waals surface area (Å²) in [4.78, 5) is 2.66. The molecule has 0 radical (unpaired) electrons. The summed E-state index contributed by atoms with van der Waals surface area (Å²) in [6.45, 7) is 4.77. The number of rotatable bonds is 2. The van der Waals surface area contributed by atoms with Gasteiger partial charge in [-0.25, -0.2) is 0 Å². The fourth-order valence-corrected chi connectivity index (χ4v) is 4.51. The highest BCUT2D eigenvalue weighted by molar-refractivity contribution is 4.93. The van der Waals surface area contributed by atoms with Crippen LogP contribution < -0.4 is 5.73 Å². The molecular weight excluding hydrogens is 220 g/mol. The van der Waals surface area contributed by atoms with Gasteiger partial charge in [0.15, 0.2) is 0 Å². The molecule has 2 N–H and O–H groups in total. The van der Waals surface area contributed by atoms with Gasteiger partial charge in [0, 0.05) is 18.1 Å². The molecule has 0 aromatic rings. The van der Waals surface area contributed by atoms with Crippen LogP contribution in [0.1, 0.15) is 65.2 Å². The molecule has 0 aromatic carbocycles. The molecular formula is C16H32N2. The molecule has 2 heteroatoms. The first kappa shape index (κ1) is 14.3. The lowest BCUT2D eigenvalue weighted by molar-refractivity contribution is 0.0576. The summed E-state index contributed by atoms with van der Waals surface area (Å²) in [6.07, 6.45) is 11.1. The predicted molar refractivity (Wildman–Crippen MR) is 78.6 cm³/mol. The van der Waals surface area contributed by atoms with Gasteiger partial charge in [-0.2, -0.15) is 0 Å². The van der Waals surface area contributed by atoms with Crippen LogP contribution in [0.2, 0.25) is 0 Å². The highest BCUT2D eigenvalue weighted by atomic mass is 15.2. The monoisotopic (exact) mass is 252 g/mol. The van der Waals surface area contributed by atoms with Crippen LogP contribution in [0.25, 0.3) is 0 Å². The summed E-state index contributed by atoms with van der Waals surface area (Å²) < 4.78 is 0. The molecule has 0 spiro atoms. The lowest BCUT2D eigenvalue weighted by Gasteiger charge is -2.46. The van der Waals surface area contributed by atoms with Gasteiger partial charge in [-0.05, 0) is 44.6 Å². The average molecular weight is 252 g/mol. The van der Waals surface area contributed by atoms with Crippen molar-refractivity contribution in [3.05, 3.63) is 0 Å². The molecule has 0 bridgehead atoms. The van der Waals surface area contributed by atoms with Crippen molar-refractivity contribution in [2.45, 2.75) is 83.3 Å². The van der Waals surface area contributed by atoms with Crippen LogP contribution in [0, 0.1) is 11.8 Å². The fraction of sp³-hybridized carbons (Fsp3) is 1.00. The van der Waals surface area contributed by atoms with E-state index < -0.39 is 0 Å². The van der Waals surface area contributed by atoms with Gasteiger partial charge in [0.1, 0.15) is 0 Å². The molecule has 2 rings (SSSR count). The summed E-state index contributed by atoms with van der Waals surface area (Å²) >= 11 is 0. The third kappa shape index (κ3) is 3.27. The van der Waals surface area contributed by atoms with Crippen LogP contribution in [0.4, 0.5) is 0 Å². The zero-order valence-corrected chi connectivity index (χ0v) is 12.6. The number of nitrogens with two attached hydrogens (primary N) is 1. The summed E-state index contributed by atoms with van der Waals surface area (Å²) in [5.74, 6) is 1.57. The quantitative estimate of drug-likeness (QED) is 0.763. The van der Waals surface area contributed by atoms with Gasteiger partial charge in [-0.3, -0.25) is 4.90 Å². The molecule has 2 aliphatic carbocycles. The van der Waals surface area contributed by atoms with Crippen LogP contribution in [0.15, 0.2) is 0 Å². The third-order valence-corrected chi connectivity index (χ3v) is 5.34. The third-order valence-electron chi connectivity index (χ3n) is 5.34. The zero-order chi connectivity index (χ0) is 13.1. The Morgan fingerprint density at radius 1 is 0.944 bits per heavy atom. The van der Waals surface area contributed by atoms with E-state index >= 15 is 0 Å². The largest absolute Gasteiger partial charge is 0.326 e. The Labute approximate surface area is 113 Å². The molecule has 2 nitrogen and oxygen atoms in total. The number of nitrogens with zero attached hydrogens (tertiary/aromatic N) is 1. The van der Waals surface area contributed by atoms with E-state index in [1.165, 1.54) is 51.4 Å². The van der Waals surface area contributed by atoms with Crippen molar-refractivity contribution in [3.63, 3.8) is 0 Å². The maximum atomic E-state index is 6.46. The van der Waals surface area contributed by atoms with Crippen molar-refractivity contribution in [1.82, 2.24) is 4.90 Å². The molecule has 2 aliphatic rings. The number of likely N-dealkylation sites (N-methyl/N-ethyl adjacent to an activating group) is 1. The van der Waals surface area contributed by atoms with Crippen molar-refractivity contribution >= 4 is 0 Å². The highest BCUT2D eigenvalue weighted by Gasteiger charge is 2.36. The second-order valence-electron chi connectivity index (χ2n) is 7.02. The minimum atomic E-state index is 0.386. The van der Waals surface area contributed by atoms with E-state index in [1.807, 2.05) is 0 Å². The summed E-state index contributed by atoms with van der Waals surface area (Å²) in [7, 11) is 2.34. The van der Waals surface area contributed by atoms with Crippen molar-refractivity contribution in [1.29, 1.82) is 0 Å². The Bertz CT molecular complexity index is 233. The molecule has 2 fully saturated rings. The van der Waals surface area contributed by atoms with Gasteiger partial charge >= 0.3 is 0 Å². The Morgan fingerprint density at radius 2 is 1.56 bits per heavy atom. The lowest BCUT2D eigenvalue weighted by Crippen LogP contribution is -2.56. The molecule has 0 amide bonds. The second kappa shape index (κ2) is 6.38. The lowest BCUT2D eigenvalue weighted by atomic mass is 9.76. The fourth-order valence-electron chi connectivity index (χ4n) is 4.51. The molecule has 18 heavy (non-hydrogen) atoms. The summed E-state index contributed by atoms with van der Waals surface area (Å²) in [6, 6.07) is 1.79. The predicted octanol–water partition coefficient (Wildman–Crippen LogP) is 3.40. The molecule has 0 aliphatic heterocycles. The van der Waals surface area contributed by atoms with E-state index in [0.29, 0.717) is 12.1 Å². The van der Waals surface area contributed by atoms with Crippen molar-refractivity contribution in [2.24, 2.45) is 17.6 Å². The Balaban J connectivity index is 1.99. The normalized spacial score (nSPS) is 39.8. The molecule has 0 aromatic heterocycles. The maximum absolute atomic E-state index is 6.46. The van der Waals surface area contributed by atoms with Crippen LogP contribution in [-0.2, 0) is 0 Å². The smallest absolute Gasteiger partial charge is 0.0272 e. The van der Waals surface area contributed by atoms with Gasteiger partial charge in [0.05, 0.1) is 0 Å². The minimum absolute atomic E-state index is 0.386. The summed E-state index contributed by atoms with van der Waals surface area (Å²) in [5.41, 5.74) is 6.46. The topological polar surface area (TPSA) is 29.3 Å². The van der Waals surface area contributed by atoms with Gasteiger partial charge in [0.25, 0.3) is 0 Å². The Morgan fingerprint density at radius 3 is 2.11 bits per heavy atom. The Kier molecular flexibility index (Phi) is 5.08. The Hall–Kier alpha value is -0.0800. The van der Waals surface area contributed by atoms with Gasteiger partial charge in [0.2, 0.25) is 0 Å². The standard InChI is InChI=1S/C16H32N2/c1-12-10-13(2)16(15(17)11-12)18(3)14-8-6-4-5-7-9-14/h12-16H,4-11,17H2,1-3H3. The van der Waals surface area contributed by atoms with Gasteiger partial charge in [-0.1, -0.05) is 39.5 Å². The number of hydrogen-bond acceptors (Lipinski definition) is 2. The van der Waals surface area contributed by atoms with Gasteiger partial charge in [-0.15, -0.1) is 0 Å². The van der Waals surface area contributed by atoms with Gasteiger partial charge < -0.3 is 5.73 Å². The van der Waals surface area contributed by atoms with Crippen LogP contribution in [0.5, 0.6) is 0 Å². The molecule has 2 saturated carbocycles. The van der Waals surface area contributed by atoms with E-state index in [2.05, 4.69) is 25.8 Å². The van der Waals surface area contributed by atoms with Crippen LogP contribution in [-0.4, -0.2) is 30.1 Å². The second-order valence-corrected chi connectivity index (χ2v) is 7.02. The average Bonchev–Trinajstić information content (AvgIpc) is 2.55. The molecule has 0 heterocycles. The maximum Gasteiger partial charge on any atom is 0.0272 e. The van der Waals surface area contributed by atoms with Crippen molar-refractivity contribution in [2.75, 3.05) is 7.05 Å². The van der Waals surface area contributed by atoms with E-state index in [4.69, 9.17) is 5.73 Å². The number of hydrogen-bond donors (Lipinski definition) is 1. The molecule has 0 saturated heterocycles. The first-order chi connectivity index (χ1) is 8.59. The van der Waals surface area contributed by atoms with E-state index in [9.17, 15) is 0 Å². The SMILES string of the molecule is CC1CC(C)C(N(C)C2CCCCCC2)C(N)C1. The molecule has 106 valence electrons. The molecule has 4 atom stereocenters. The van der Waals surface area contributed by atoms with Crippen LogP contribution in [0.3, 0.4) is 0 Å². The zero-order valence-electron chi connectivity index (χ0n) is 12.6. The first-order valence-corrected chi connectivity index (χ1v) is 8.07. The van der Waals surface area contributed by atoms with E-state index in [-0.39, 0.29) is 0 Å². The minimum Gasteiger partial charge on any atom is -0.326 e. The van der Waals surface area contributed by atoms with Crippen LogP contribution >= 0.6 is 0 Å². The highest BCUT2D eigenvalue weighted by Crippen LogP contribution is 2.33. The van der Waals surface area contributed by atoms with Crippen molar-refractivity contribution < 1.29 is 0 Å². The van der Waals surface area contributed by atoms with Crippen molar-refractivity contribution in [3.8, 4) is 0 Å². The first-order valence-electron chi connectivity index (χ1n) is 8.07. The molecule has 4 unspecified atom stereocenters. The summed E-state index contributed by atoms with van der Waals surface area (Å²) in [5, 5.41) is 0. The van der Waals surface area contributed by atoms with E-state index in [1.54, 1.807) is 0 Å².